The lowest BCUT2D eigenvalue weighted by Gasteiger charge is -2.10. The summed E-state index contributed by atoms with van der Waals surface area (Å²) in [5.41, 5.74) is 0. The second-order valence-corrected chi connectivity index (χ2v) is 4.71. The molecule has 5 nitrogen and oxygen atoms in total. The molecule has 0 radical (unpaired) electrons. The molecule has 0 aromatic rings. The van der Waals surface area contributed by atoms with Crippen LogP contribution in [0.25, 0.3) is 0 Å². The highest BCUT2D eigenvalue weighted by Crippen LogP contribution is 1.95. The van der Waals surface area contributed by atoms with Crippen LogP contribution in [0.1, 0.15) is 6.42 Å². The molecule has 0 unspecified atom stereocenters. The first-order chi connectivity index (χ1) is 4.42. The molecule has 0 aromatic carbocycles. The number of hydrogen-bond donors (Lipinski definition) is 3. The molecule has 0 spiro atoms. The largest absolute Gasteiger partial charge is 0.577 e. The fraction of sp³-hybridized carbons (Fsp3) is 1.00. The first-order valence-corrected chi connectivity index (χ1v) is 5.82. The van der Waals surface area contributed by atoms with Gasteiger partial charge in [0.05, 0.1) is 5.75 Å². The maximum absolute atomic E-state index is 10.0. The fourth-order valence-corrected chi connectivity index (χ4v) is 1.67. The number of rotatable bonds is 4. The van der Waals surface area contributed by atoms with Crippen LogP contribution in [0.2, 0.25) is 6.04 Å². The topological polar surface area (TPSA) is 94.8 Å². The Morgan fingerprint density at radius 1 is 1.30 bits per heavy atom. The van der Waals surface area contributed by atoms with Crippen molar-refractivity contribution in [3.05, 3.63) is 0 Å². The Balaban J connectivity index is 3.39. The van der Waals surface area contributed by atoms with E-state index in [0.717, 1.165) is 0 Å². The van der Waals surface area contributed by atoms with E-state index in [1.807, 2.05) is 0 Å². The Kier molecular flexibility index (Phi) is 4.06. The van der Waals surface area contributed by atoms with Crippen LogP contribution in [0.4, 0.5) is 0 Å². The van der Waals surface area contributed by atoms with Gasteiger partial charge in [-0.2, -0.15) is 8.42 Å². The first-order valence-electron chi connectivity index (χ1n) is 2.61. The van der Waals surface area contributed by atoms with E-state index < -0.39 is 25.2 Å². The van der Waals surface area contributed by atoms with Crippen molar-refractivity contribution in [1.29, 1.82) is 0 Å². The van der Waals surface area contributed by atoms with Crippen LogP contribution in [-0.2, 0) is 10.1 Å². The Hall–Kier alpha value is 0.0469. The van der Waals surface area contributed by atoms with Crippen molar-refractivity contribution in [3.63, 3.8) is 0 Å². The minimum absolute atomic E-state index is 0.0600. The van der Waals surface area contributed by atoms with Crippen molar-refractivity contribution in [1.82, 2.24) is 0 Å². The summed E-state index contributed by atoms with van der Waals surface area (Å²) < 4.78 is 28.2. The molecule has 7 heteroatoms. The first kappa shape index (κ1) is 10.0. The summed E-state index contributed by atoms with van der Waals surface area (Å²) in [5, 5.41) is 0. The summed E-state index contributed by atoms with van der Waals surface area (Å²) >= 11 is 0. The molecule has 0 heterocycles. The smallest absolute Gasteiger partial charge is 0.264 e. The second kappa shape index (κ2) is 4.04. The molecule has 0 saturated heterocycles. The zero-order chi connectivity index (χ0) is 8.20. The summed E-state index contributed by atoms with van der Waals surface area (Å²) in [5.74, 6) is -0.401. The van der Waals surface area contributed by atoms with Crippen LogP contribution in [0.15, 0.2) is 0 Å². The summed E-state index contributed by atoms with van der Waals surface area (Å²) in [7, 11) is -6.26. The quantitative estimate of drug-likeness (QED) is 0.375. The molecule has 0 atom stereocenters. The lowest BCUT2D eigenvalue weighted by atomic mass is 10.6. The van der Waals surface area contributed by atoms with Crippen LogP contribution in [0.3, 0.4) is 0 Å². The fourth-order valence-electron chi connectivity index (χ4n) is 0.413. The summed E-state index contributed by atoms with van der Waals surface area (Å²) in [6.07, 6.45) is 0.0974. The van der Waals surface area contributed by atoms with Gasteiger partial charge in [0.15, 0.2) is 0 Å². The highest BCUT2D eigenvalue weighted by atomic mass is 32.2. The van der Waals surface area contributed by atoms with Gasteiger partial charge in [0, 0.05) is 9.28 Å². The molecule has 0 aliphatic heterocycles. The van der Waals surface area contributed by atoms with Crippen LogP contribution >= 0.6 is 0 Å². The average Bonchev–Trinajstić information content (AvgIpc) is 1.59. The summed E-state index contributed by atoms with van der Waals surface area (Å²) in [6.45, 7) is 0. The summed E-state index contributed by atoms with van der Waals surface area (Å²) in [4.78, 5) is 16.7. The second-order valence-electron chi connectivity index (χ2n) is 1.81. The van der Waals surface area contributed by atoms with Crippen molar-refractivity contribution in [3.8, 4) is 0 Å². The van der Waals surface area contributed by atoms with Crippen LogP contribution in [0, 0.1) is 0 Å². The molecule has 0 aliphatic rings. The molecule has 0 aromatic heterocycles. The third kappa shape index (κ3) is 8.05. The molecule has 0 saturated carbocycles. The lowest BCUT2D eigenvalue weighted by molar-refractivity contribution is 0.404. The molecule has 0 fully saturated rings. The summed E-state index contributed by atoms with van der Waals surface area (Å²) in [6, 6.07) is 0.0600. The minimum atomic E-state index is -3.93. The highest BCUT2D eigenvalue weighted by molar-refractivity contribution is 7.85. The van der Waals surface area contributed by atoms with Crippen molar-refractivity contribution in [2.24, 2.45) is 0 Å². The van der Waals surface area contributed by atoms with Crippen molar-refractivity contribution in [2.75, 3.05) is 5.75 Å². The Bertz CT molecular complexity index is 173. The van der Waals surface area contributed by atoms with Crippen LogP contribution < -0.4 is 0 Å². The average molecular weight is 185 g/mol. The van der Waals surface area contributed by atoms with Crippen LogP contribution in [-0.4, -0.2) is 37.6 Å². The zero-order valence-electron chi connectivity index (χ0n) is 5.19. The van der Waals surface area contributed by atoms with Crippen LogP contribution in [0.5, 0.6) is 0 Å². The predicted molar refractivity (Wildman–Crippen MR) is 36.0 cm³/mol. The third-order valence-corrected chi connectivity index (χ3v) is 2.41. The predicted octanol–water partition coefficient (Wildman–Crippen LogP) is -1.26. The zero-order valence-corrected chi connectivity index (χ0v) is 7.00. The third-order valence-electron chi connectivity index (χ3n) is 0.803. The standard InChI is InChI=1S/C3H9O5SSi/c4-9(5,6)2-1-3-10(7)8/h7-8H,1-3H2,(H,4,5,6)/q-1. The Morgan fingerprint density at radius 3 is 2.10 bits per heavy atom. The molecule has 62 valence electrons. The van der Waals surface area contributed by atoms with Gasteiger partial charge in [-0.3, -0.25) is 4.55 Å². The molecule has 0 bridgehead atoms. The van der Waals surface area contributed by atoms with E-state index >= 15 is 0 Å². The normalized spacial score (nSPS) is 12.4. The Morgan fingerprint density at radius 2 is 1.80 bits per heavy atom. The molecule has 3 N–H and O–H groups in total. The minimum Gasteiger partial charge on any atom is -0.577 e. The van der Waals surface area contributed by atoms with Gasteiger partial charge in [0.2, 0.25) is 0 Å². The lowest BCUT2D eigenvalue weighted by Crippen LogP contribution is -2.13. The maximum Gasteiger partial charge on any atom is 0.264 e. The van der Waals surface area contributed by atoms with Gasteiger partial charge in [0.1, 0.15) is 0 Å². The van der Waals surface area contributed by atoms with Gasteiger partial charge in [-0.25, -0.2) is 0 Å². The van der Waals surface area contributed by atoms with E-state index in [9.17, 15) is 8.42 Å². The number of hydrogen-bond acceptors (Lipinski definition) is 4. The van der Waals surface area contributed by atoms with Gasteiger partial charge in [-0.05, 0) is 0 Å². The van der Waals surface area contributed by atoms with Gasteiger partial charge < -0.3 is 9.59 Å². The van der Waals surface area contributed by atoms with E-state index in [0.29, 0.717) is 0 Å². The van der Waals surface area contributed by atoms with E-state index in [1.54, 1.807) is 0 Å². The van der Waals surface area contributed by atoms with E-state index in [2.05, 4.69) is 0 Å². The van der Waals surface area contributed by atoms with Gasteiger partial charge in [-0.1, -0.05) is 6.42 Å². The molecular formula is C3H9O5SSi-. The van der Waals surface area contributed by atoms with Crippen molar-refractivity contribution in [2.45, 2.75) is 12.5 Å². The van der Waals surface area contributed by atoms with E-state index in [1.165, 1.54) is 0 Å². The molecular weight excluding hydrogens is 176 g/mol. The highest BCUT2D eigenvalue weighted by Gasteiger charge is 2.01. The van der Waals surface area contributed by atoms with Gasteiger partial charge in [0.25, 0.3) is 10.1 Å². The van der Waals surface area contributed by atoms with Crippen molar-refractivity contribution >= 4 is 19.4 Å². The van der Waals surface area contributed by atoms with E-state index in [4.69, 9.17) is 14.1 Å². The van der Waals surface area contributed by atoms with E-state index in [-0.39, 0.29) is 12.5 Å². The molecule has 0 amide bonds. The SMILES string of the molecule is O=S(=O)(O)CCC[Si-](O)O. The molecule has 10 heavy (non-hydrogen) atoms. The Labute approximate surface area is 60.9 Å². The monoisotopic (exact) mass is 185 g/mol. The molecule has 0 aliphatic carbocycles. The van der Waals surface area contributed by atoms with Gasteiger partial charge >= 0.3 is 0 Å². The maximum atomic E-state index is 10.0. The van der Waals surface area contributed by atoms with Crippen molar-refractivity contribution < 1.29 is 22.6 Å². The van der Waals surface area contributed by atoms with Gasteiger partial charge in [-0.15, -0.1) is 6.04 Å². The molecule has 0 rings (SSSR count).